The number of hydrogen-bond acceptors (Lipinski definition) is 2. The van der Waals surface area contributed by atoms with Gasteiger partial charge >= 0.3 is 0 Å². The third-order valence-corrected chi connectivity index (χ3v) is 4.50. The summed E-state index contributed by atoms with van der Waals surface area (Å²) < 4.78 is 14.3. The van der Waals surface area contributed by atoms with Crippen molar-refractivity contribution in [2.24, 2.45) is 0 Å². The molecule has 0 radical (unpaired) electrons. The van der Waals surface area contributed by atoms with Gasteiger partial charge in [-0.3, -0.25) is 0 Å². The Morgan fingerprint density at radius 1 is 1.40 bits per heavy atom. The van der Waals surface area contributed by atoms with E-state index >= 15 is 0 Å². The predicted molar refractivity (Wildman–Crippen MR) is 83.9 cm³/mol. The van der Waals surface area contributed by atoms with Crippen LogP contribution in [0.1, 0.15) is 58.1 Å². The molecule has 1 aromatic carbocycles. The van der Waals surface area contributed by atoms with Crippen LogP contribution in [-0.4, -0.2) is 18.6 Å². The van der Waals surface area contributed by atoms with Crippen molar-refractivity contribution in [3.05, 3.63) is 29.1 Å². The topological polar surface area (TPSA) is 15.3 Å². The molecule has 3 heteroatoms. The maximum absolute atomic E-state index is 14.3. The summed E-state index contributed by atoms with van der Waals surface area (Å²) in [4.78, 5) is 2.21. The van der Waals surface area contributed by atoms with E-state index in [4.69, 9.17) is 0 Å². The number of benzene rings is 1. The van der Waals surface area contributed by atoms with Gasteiger partial charge in [0.15, 0.2) is 0 Å². The Bertz CT molecular complexity index is 494. The average molecular weight is 278 g/mol. The summed E-state index contributed by atoms with van der Waals surface area (Å²) in [5.41, 5.74) is 3.17. The second-order valence-corrected chi connectivity index (χ2v) is 7.01. The summed E-state index contributed by atoms with van der Waals surface area (Å²) in [6, 6.07) is 4.13. The molecule has 20 heavy (non-hydrogen) atoms. The van der Waals surface area contributed by atoms with Gasteiger partial charge in [-0.25, -0.2) is 4.39 Å². The Morgan fingerprint density at radius 2 is 2.05 bits per heavy atom. The van der Waals surface area contributed by atoms with Gasteiger partial charge in [0.25, 0.3) is 0 Å². The van der Waals surface area contributed by atoms with Crippen LogP contribution < -0.4 is 10.2 Å². The van der Waals surface area contributed by atoms with Crippen LogP contribution in [0.2, 0.25) is 0 Å². The standard InChI is InChI=1S/C17H27FN2/c1-11(2)19-10-13-7-14-12(3)9-17(4,5)20(6)16(14)8-15(13)18/h7-8,11-12,19H,9-10H2,1-6H3/t12-/m1/s1. The largest absolute Gasteiger partial charge is 0.369 e. The van der Waals surface area contributed by atoms with Crippen molar-refractivity contribution in [3.63, 3.8) is 0 Å². The van der Waals surface area contributed by atoms with Crippen LogP contribution in [0.3, 0.4) is 0 Å². The van der Waals surface area contributed by atoms with Gasteiger partial charge in [-0.1, -0.05) is 20.8 Å². The second-order valence-electron chi connectivity index (χ2n) is 7.01. The highest BCUT2D eigenvalue weighted by atomic mass is 19.1. The molecule has 1 aliphatic rings. The van der Waals surface area contributed by atoms with Crippen molar-refractivity contribution in [3.8, 4) is 0 Å². The molecule has 0 aliphatic carbocycles. The van der Waals surface area contributed by atoms with Gasteiger partial charge in [0.05, 0.1) is 0 Å². The molecule has 1 aromatic rings. The van der Waals surface area contributed by atoms with Crippen LogP contribution in [0.5, 0.6) is 0 Å². The Hall–Kier alpha value is -1.09. The van der Waals surface area contributed by atoms with E-state index in [0.717, 1.165) is 17.7 Å². The van der Waals surface area contributed by atoms with E-state index in [0.29, 0.717) is 18.5 Å². The van der Waals surface area contributed by atoms with Gasteiger partial charge in [-0.05, 0) is 43.9 Å². The third kappa shape index (κ3) is 2.83. The molecule has 0 bridgehead atoms. The lowest BCUT2D eigenvalue weighted by Gasteiger charge is -2.45. The minimum atomic E-state index is -0.103. The van der Waals surface area contributed by atoms with E-state index in [1.165, 1.54) is 5.56 Å². The molecule has 0 amide bonds. The lowest BCUT2D eigenvalue weighted by atomic mass is 9.80. The molecular weight excluding hydrogens is 251 g/mol. The van der Waals surface area contributed by atoms with E-state index < -0.39 is 0 Å². The molecule has 2 nitrogen and oxygen atoms in total. The molecule has 1 atom stereocenters. The maximum Gasteiger partial charge on any atom is 0.129 e. The van der Waals surface area contributed by atoms with Gasteiger partial charge < -0.3 is 10.2 Å². The summed E-state index contributed by atoms with van der Waals surface area (Å²) in [7, 11) is 2.07. The lowest BCUT2D eigenvalue weighted by molar-refractivity contribution is 0.393. The van der Waals surface area contributed by atoms with Gasteiger partial charge in [0.1, 0.15) is 5.82 Å². The van der Waals surface area contributed by atoms with Crippen LogP contribution in [0.25, 0.3) is 0 Å². The Kier molecular flexibility index (Phi) is 4.10. The molecule has 0 spiro atoms. The molecule has 0 saturated carbocycles. The SMILES string of the molecule is CC(C)NCc1cc2c(cc1F)N(C)C(C)(C)C[C@H]2C. The van der Waals surface area contributed by atoms with Crippen LogP contribution in [0, 0.1) is 5.82 Å². The van der Waals surface area contributed by atoms with Crippen LogP contribution in [0.15, 0.2) is 12.1 Å². The highest BCUT2D eigenvalue weighted by molar-refractivity contribution is 5.60. The molecule has 1 N–H and O–H groups in total. The van der Waals surface area contributed by atoms with E-state index in [-0.39, 0.29) is 11.4 Å². The zero-order valence-corrected chi connectivity index (χ0v) is 13.5. The Morgan fingerprint density at radius 3 is 2.65 bits per heavy atom. The summed E-state index contributed by atoms with van der Waals surface area (Å²) >= 11 is 0. The third-order valence-electron chi connectivity index (χ3n) is 4.50. The molecule has 1 heterocycles. The van der Waals surface area contributed by atoms with Crippen molar-refractivity contribution in [2.45, 2.75) is 65.1 Å². The first-order chi connectivity index (χ1) is 9.22. The maximum atomic E-state index is 14.3. The molecule has 0 unspecified atom stereocenters. The van der Waals surface area contributed by atoms with Crippen LogP contribution in [0.4, 0.5) is 10.1 Å². The molecule has 0 saturated heterocycles. The minimum Gasteiger partial charge on any atom is -0.369 e. The first kappa shape index (κ1) is 15.3. The molecule has 2 rings (SSSR count). The molecule has 1 aliphatic heterocycles. The summed E-state index contributed by atoms with van der Waals surface area (Å²) in [5.74, 6) is 0.364. The molecular formula is C17H27FN2. The number of halogens is 1. The highest BCUT2D eigenvalue weighted by Crippen LogP contribution is 2.43. The van der Waals surface area contributed by atoms with Crippen LogP contribution >= 0.6 is 0 Å². The fourth-order valence-electron chi connectivity index (χ4n) is 3.08. The number of hydrogen-bond donors (Lipinski definition) is 1. The highest BCUT2D eigenvalue weighted by Gasteiger charge is 2.34. The van der Waals surface area contributed by atoms with Crippen molar-refractivity contribution in [1.29, 1.82) is 0 Å². The normalized spacial score (nSPS) is 21.2. The number of nitrogens with zero attached hydrogens (tertiary/aromatic N) is 1. The van der Waals surface area contributed by atoms with Gasteiger partial charge in [0, 0.05) is 36.4 Å². The molecule has 0 fully saturated rings. The molecule has 0 aromatic heterocycles. The monoisotopic (exact) mass is 278 g/mol. The van der Waals surface area contributed by atoms with Crippen LogP contribution in [-0.2, 0) is 6.54 Å². The van der Waals surface area contributed by atoms with E-state index in [1.807, 2.05) is 0 Å². The first-order valence-corrected chi connectivity index (χ1v) is 7.52. The predicted octanol–water partition coefficient (Wildman–Crippen LogP) is 4.05. The van der Waals surface area contributed by atoms with Gasteiger partial charge in [-0.15, -0.1) is 0 Å². The first-order valence-electron chi connectivity index (χ1n) is 7.52. The second kappa shape index (κ2) is 5.36. The smallest absolute Gasteiger partial charge is 0.129 e. The Labute approximate surface area is 122 Å². The van der Waals surface area contributed by atoms with Gasteiger partial charge in [0.2, 0.25) is 0 Å². The number of rotatable bonds is 3. The van der Waals surface area contributed by atoms with E-state index in [9.17, 15) is 4.39 Å². The van der Waals surface area contributed by atoms with Crippen molar-refractivity contribution in [1.82, 2.24) is 5.32 Å². The van der Waals surface area contributed by atoms with E-state index in [1.54, 1.807) is 6.07 Å². The number of fused-ring (bicyclic) bond motifs is 1. The average Bonchev–Trinajstić information content (AvgIpc) is 2.33. The Balaban J connectivity index is 2.38. The quantitative estimate of drug-likeness (QED) is 0.897. The fourth-order valence-corrected chi connectivity index (χ4v) is 3.08. The summed E-state index contributed by atoms with van der Waals surface area (Å²) in [6.07, 6.45) is 1.10. The number of nitrogens with one attached hydrogen (secondary N) is 1. The summed E-state index contributed by atoms with van der Waals surface area (Å²) in [6.45, 7) is 11.4. The zero-order chi connectivity index (χ0) is 15.1. The van der Waals surface area contributed by atoms with Crippen molar-refractivity contribution >= 4 is 5.69 Å². The lowest BCUT2D eigenvalue weighted by Crippen LogP contribution is -2.45. The van der Waals surface area contributed by atoms with Crippen molar-refractivity contribution in [2.75, 3.05) is 11.9 Å². The number of anilines is 1. The molecule has 112 valence electrons. The fraction of sp³-hybridized carbons (Fsp3) is 0.647. The van der Waals surface area contributed by atoms with E-state index in [2.05, 4.69) is 57.9 Å². The summed E-state index contributed by atoms with van der Waals surface area (Å²) in [5, 5.41) is 3.30. The van der Waals surface area contributed by atoms with Crippen molar-refractivity contribution < 1.29 is 4.39 Å². The zero-order valence-electron chi connectivity index (χ0n) is 13.5. The van der Waals surface area contributed by atoms with Gasteiger partial charge in [-0.2, -0.15) is 0 Å². The minimum absolute atomic E-state index is 0.0799.